The minimum absolute atomic E-state index is 0.226. The molecule has 0 aliphatic carbocycles. The third-order valence-corrected chi connectivity index (χ3v) is 3.19. The molecule has 0 spiro atoms. The van der Waals surface area contributed by atoms with Crippen molar-refractivity contribution in [2.75, 3.05) is 17.6 Å². The summed E-state index contributed by atoms with van der Waals surface area (Å²) in [4.78, 5) is 0. The molecule has 0 saturated heterocycles. The van der Waals surface area contributed by atoms with Crippen LogP contribution in [-0.2, 0) is 7.05 Å². The number of hydrogen-bond donors (Lipinski definition) is 1. The molecule has 1 heterocycles. The second-order valence-corrected chi connectivity index (χ2v) is 4.57. The van der Waals surface area contributed by atoms with Gasteiger partial charge in [0, 0.05) is 25.0 Å². The van der Waals surface area contributed by atoms with E-state index in [1.165, 1.54) is 12.1 Å². The zero-order chi connectivity index (χ0) is 12.1. The van der Waals surface area contributed by atoms with Gasteiger partial charge in [0.15, 0.2) is 5.16 Å². The number of rotatable bonds is 5. The van der Waals surface area contributed by atoms with E-state index < -0.39 is 0 Å². The molecule has 17 heavy (non-hydrogen) atoms. The Kier molecular flexibility index (Phi) is 3.98. The van der Waals surface area contributed by atoms with Crippen LogP contribution in [0.25, 0.3) is 0 Å². The van der Waals surface area contributed by atoms with Crippen LogP contribution in [0.5, 0.6) is 0 Å². The van der Waals surface area contributed by atoms with Crippen LogP contribution in [0.2, 0.25) is 0 Å². The summed E-state index contributed by atoms with van der Waals surface area (Å²) in [7, 11) is 1.91. The molecular weight excluding hydrogens is 239 g/mol. The van der Waals surface area contributed by atoms with Gasteiger partial charge >= 0.3 is 0 Å². The summed E-state index contributed by atoms with van der Waals surface area (Å²) in [6.07, 6.45) is 1.67. The van der Waals surface area contributed by atoms with E-state index in [4.69, 9.17) is 0 Å². The standard InChI is InChI=1S/C11H13FN4S/c1-16-8-14-15-11(16)17-6-5-13-10-4-2-3-9(12)7-10/h2-4,7-8,13H,5-6H2,1H3. The molecule has 0 aliphatic heterocycles. The first-order chi connectivity index (χ1) is 8.25. The zero-order valence-corrected chi connectivity index (χ0v) is 10.2. The summed E-state index contributed by atoms with van der Waals surface area (Å²) in [6, 6.07) is 6.44. The Morgan fingerprint density at radius 2 is 2.35 bits per heavy atom. The molecule has 0 bridgehead atoms. The van der Waals surface area contributed by atoms with E-state index in [9.17, 15) is 4.39 Å². The number of nitrogens with zero attached hydrogens (tertiary/aromatic N) is 3. The quantitative estimate of drug-likeness (QED) is 0.654. The van der Waals surface area contributed by atoms with Gasteiger partial charge in [0.1, 0.15) is 12.1 Å². The summed E-state index contributed by atoms with van der Waals surface area (Å²) in [5.74, 6) is 0.624. The fourth-order valence-electron chi connectivity index (χ4n) is 1.34. The maximum Gasteiger partial charge on any atom is 0.190 e. The van der Waals surface area contributed by atoms with Crippen molar-refractivity contribution in [1.82, 2.24) is 14.8 Å². The molecule has 6 heteroatoms. The van der Waals surface area contributed by atoms with Crippen molar-refractivity contribution >= 4 is 17.4 Å². The number of thioether (sulfide) groups is 1. The van der Waals surface area contributed by atoms with E-state index in [0.717, 1.165) is 23.1 Å². The van der Waals surface area contributed by atoms with Gasteiger partial charge in [-0.25, -0.2) is 4.39 Å². The molecule has 2 aromatic rings. The Bertz CT molecular complexity index is 486. The SMILES string of the molecule is Cn1cnnc1SCCNc1cccc(F)c1. The normalized spacial score (nSPS) is 10.5. The number of aryl methyl sites for hydroxylation is 1. The van der Waals surface area contributed by atoms with Gasteiger partial charge in [-0.2, -0.15) is 0 Å². The van der Waals surface area contributed by atoms with E-state index in [1.54, 1.807) is 24.2 Å². The molecule has 0 amide bonds. The zero-order valence-electron chi connectivity index (χ0n) is 9.43. The van der Waals surface area contributed by atoms with Gasteiger partial charge in [0.25, 0.3) is 0 Å². The van der Waals surface area contributed by atoms with Crippen molar-refractivity contribution < 1.29 is 4.39 Å². The van der Waals surface area contributed by atoms with Crippen molar-refractivity contribution in [1.29, 1.82) is 0 Å². The van der Waals surface area contributed by atoms with Crippen molar-refractivity contribution in [3.63, 3.8) is 0 Å². The molecule has 90 valence electrons. The van der Waals surface area contributed by atoms with E-state index in [2.05, 4.69) is 15.5 Å². The second kappa shape index (κ2) is 5.67. The number of aromatic nitrogens is 3. The van der Waals surface area contributed by atoms with E-state index in [0.29, 0.717) is 0 Å². The lowest BCUT2D eigenvalue weighted by molar-refractivity contribution is 0.628. The van der Waals surface area contributed by atoms with E-state index in [1.807, 2.05) is 17.7 Å². The van der Waals surface area contributed by atoms with Crippen LogP contribution >= 0.6 is 11.8 Å². The summed E-state index contributed by atoms with van der Waals surface area (Å²) in [5.41, 5.74) is 0.795. The van der Waals surface area contributed by atoms with Crippen LogP contribution in [0.3, 0.4) is 0 Å². The molecule has 1 aromatic carbocycles. The molecule has 0 radical (unpaired) electrons. The number of halogens is 1. The highest BCUT2D eigenvalue weighted by Gasteiger charge is 2.00. The Morgan fingerprint density at radius 1 is 1.47 bits per heavy atom. The van der Waals surface area contributed by atoms with E-state index >= 15 is 0 Å². The Balaban J connectivity index is 1.75. The monoisotopic (exact) mass is 252 g/mol. The van der Waals surface area contributed by atoms with Crippen LogP contribution in [0.15, 0.2) is 35.7 Å². The highest BCUT2D eigenvalue weighted by molar-refractivity contribution is 7.99. The van der Waals surface area contributed by atoms with Crippen LogP contribution in [-0.4, -0.2) is 27.1 Å². The van der Waals surface area contributed by atoms with Gasteiger partial charge in [0.05, 0.1) is 0 Å². The lowest BCUT2D eigenvalue weighted by Gasteiger charge is -2.05. The lowest BCUT2D eigenvalue weighted by atomic mass is 10.3. The smallest absolute Gasteiger partial charge is 0.190 e. The van der Waals surface area contributed by atoms with Crippen molar-refractivity contribution in [3.8, 4) is 0 Å². The maximum atomic E-state index is 12.9. The molecule has 4 nitrogen and oxygen atoms in total. The first-order valence-corrected chi connectivity index (χ1v) is 6.20. The van der Waals surface area contributed by atoms with Gasteiger partial charge in [-0.3, -0.25) is 0 Å². The van der Waals surface area contributed by atoms with Gasteiger partial charge in [-0.1, -0.05) is 17.8 Å². The summed E-state index contributed by atoms with van der Waals surface area (Å²) >= 11 is 1.61. The molecule has 0 fully saturated rings. The molecular formula is C11H13FN4S. The number of nitrogens with one attached hydrogen (secondary N) is 1. The highest BCUT2D eigenvalue weighted by Crippen LogP contribution is 2.14. The predicted octanol–water partition coefficient (Wildman–Crippen LogP) is 2.16. The average molecular weight is 252 g/mol. The lowest BCUT2D eigenvalue weighted by Crippen LogP contribution is -2.04. The van der Waals surface area contributed by atoms with Crippen molar-refractivity contribution in [3.05, 3.63) is 36.4 Å². The molecule has 0 saturated carbocycles. The Hall–Kier alpha value is -1.56. The van der Waals surface area contributed by atoms with Crippen LogP contribution in [0, 0.1) is 5.82 Å². The molecule has 2 rings (SSSR count). The molecule has 1 aromatic heterocycles. The first-order valence-electron chi connectivity index (χ1n) is 5.22. The third-order valence-electron chi connectivity index (χ3n) is 2.16. The highest BCUT2D eigenvalue weighted by atomic mass is 32.2. The largest absolute Gasteiger partial charge is 0.384 e. The van der Waals surface area contributed by atoms with Gasteiger partial charge < -0.3 is 9.88 Å². The van der Waals surface area contributed by atoms with Crippen LogP contribution in [0.4, 0.5) is 10.1 Å². The molecule has 0 atom stereocenters. The van der Waals surface area contributed by atoms with Crippen molar-refractivity contribution in [2.45, 2.75) is 5.16 Å². The minimum Gasteiger partial charge on any atom is -0.384 e. The summed E-state index contributed by atoms with van der Waals surface area (Å²) < 4.78 is 14.8. The number of benzene rings is 1. The van der Waals surface area contributed by atoms with E-state index in [-0.39, 0.29) is 5.82 Å². The minimum atomic E-state index is -0.226. The summed E-state index contributed by atoms with van der Waals surface area (Å²) in [5, 5.41) is 11.8. The number of hydrogen-bond acceptors (Lipinski definition) is 4. The maximum absolute atomic E-state index is 12.9. The van der Waals surface area contributed by atoms with Crippen molar-refractivity contribution in [2.24, 2.45) is 7.05 Å². The van der Waals surface area contributed by atoms with Crippen LogP contribution < -0.4 is 5.32 Å². The Morgan fingerprint density at radius 3 is 3.06 bits per heavy atom. The third kappa shape index (κ3) is 3.45. The molecule has 0 unspecified atom stereocenters. The molecule has 0 aliphatic rings. The Labute approximate surface area is 103 Å². The second-order valence-electron chi connectivity index (χ2n) is 3.51. The predicted molar refractivity (Wildman–Crippen MR) is 66.6 cm³/mol. The van der Waals surface area contributed by atoms with Gasteiger partial charge in [0.2, 0.25) is 0 Å². The fourth-order valence-corrected chi connectivity index (χ4v) is 2.08. The summed E-state index contributed by atoms with van der Waals surface area (Å²) in [6.45, 7) is 0.751. The number of anilines is 1. The fraction of sp³-hybridized carbons (Fsp3) is 0.273. The molecule has 1 N–H and O–H groups in total. The average Bonchev–Trinajstić information content (AvgIpc) is 2.71. The van der Waals surface area contributed by atoms with Gasteiger partial charge in [-0.15, -0.1) is 10.2 Å². The topological polar surface area (TPSA) is 42.7 Å². The van der Waals surface area contributed by atoms with Gasteiger partial charge in [-0.05, 0) is 18.2 Å². The van der Waals surface area contributed by atoms with Crippen LogP contribution in [0.1, 0.15) is 0 Å². The first kappa shape index (κ1) is 11.9.